The minimum absolute atomic E-state index is 0.246. The molecule has 9 nitrogen and oxygen atoms in total. The van der Waals surface area contributed by atoms with E-state index in [2.05, 4.69) is 69.5 Å². The van der Waals surface area contributed by atoms with Crippen LogP contribution in [0.4, 0.5) is 11.9 Å². The number of halogens is 1. The monoisotopic (exact) mass is 559 g/mol. The summed E-state index contributed by atoms with van der Waals surface area (Å²) in [5.41, 5.74) is 11.2. The number of piperidine rings is 1. The molecule has 0 saturated carbocycles. The SMILES string of the molecule is CC(C)c1cnn2c(NCc3ccccc3-n3cc4cc(Br)ccc4n3)nc(N3CCC(N)CC3)nc12. The van der Waals surface area contributed by atoms with E-state index in [0.717, 1.165) is 69.7 Å². The first-order valence-electron chi connectivity index (χ1n) is 12.7. The Hall–Kier alpha value is -3.50. The lowest BCUT2D eigenvalue weighted by Gasteiger charge is -2.30. The molecule has 190 valence electrons. The Labute approximate surface area is 223 Å². The van der Waals surface area contributed by atoms with Crippen LogP contribution in [0, 0.1) is 0 Å². The van der Waals surface area contributed by atoms with Crippen LogP contribution in [0.3, 0.4) is 0 Å². The second-order valence-electron chi connectivity index (χ2n) is 9.92. The fraction of sp³-hybridized carbons (Fsp3) is 0.333. The first-order chi connectivity index (χ1) is 18.0. The van der Waals surface area contributed by atoms with Crippen LogP contribution in [-0.2, 0) is 6.54 Å². The second-order valence-corrected chi connectivity index (χ2v) is 10.8. The number of benzene rings is 2. The molecule has 0 aliphatic carbocycles. The van der Waals surface area contributed by atoms with Crippen LogP contribution in [0.25, 0.3) is 22.2 Å². The van der Waals surface area contributed by atoms with Crippen molar-refractivity contribution in [3.05, 3.63) is 70.5 Å². The number of nitrogens with zero attached hydrogens (tertiary/aromatic N) is 7. The summed E-state index contributed by atoms with van der Waals surface area (Å²) in [6.07, 6.45) is 5.84. The number of nitrogens with two attached hydrogens (primary N) is 1. The normalized spacial score (nSPS) is 14.8. The van der Waals surface area contributed by atoms with Gasteiger partial charge in [0.25, 0.3) is 0 Å². The minimum Gasteiger partial charge on any atom is -0.350 e. The molecule has 1 aliphatic heterocycles. The molecule has 6 rings (SSSR count). The van der Waals surface area contributed by atoms with Gasteiger partial charge in [0.2, 0.25) is 11.9 Å². The highest BCUT2D eigenvalue weighted by molar-refractivity contribution is 9.10. The molecule has 1 fully saturated rings. The Bertz CT molecular complexity index is 1560. The Morgan fingerprint density at radius 3 is 2.73 bits per heavy atom. The van der Waals surface area contributed by atoms with Gasteiger partial charge in [-0.25, -0.2) is 4.68 Å². The highest BCUT2D eigenvalue weighted by Gasteiger charge is 2.22. The number of rotatable bonds is 6. The van der Waals surface area contributed by atoms with E-state index in [4.69, 9.17) is 20.8 Å². The van der Waals surface area contributed by atoms with E-state index in [1.165, 1.54) is 0 Å². The quantitative estimate of drug-likeness (QED) is 0.305. The molecule has 0 bridgehead atoms. The molecule has 0 radical (unpaired) electrons. The molecular weight excluding hydrogens is 530 g/mol. The summed E-state index contributed by atoms with van der Waals surface area (Å²) >= 11 is 3.55. The van der Waals surface area contributed by atoms with Gasteiger partial charge in [-0.3, -0.25) is 0 Å². The number of nitrogens with one attached hydrogen (secondary N) is 1. The summed E-state index contributed by atoms with van der Waals surface area (Å²) in [6, 6.07) is 14.6. The van der Waals surface area contributed by atoms with E-state index in [0.29, 0.717) is 18.4 Å². The van der Waals surface area contributed by atoms with Crippen molar-refractivity contribution < 1.29 is 0 Å². The standard InChI is InChI=1S/C27H30BrN9/c1-17(2)22-15-31-37-25(22)32-27(35-11-9-21(29)10-12-35)33-26(37)30-14-18-5-3-4-6-24(18)36-16-19-13-20(28)7-8-23(19)34-36/h3-8,13,15-17,21H,9-12,14,29H2,1-2H3,(H,30,32,33). The molecule has 0 amide bonds. The fourth-order valence-corrected chi connectivity index (χ4v) is 5.20. The lowest BCUT2D eigenvalue weighted by molar-refractivity contribution is 0.495. The van der Waals surface area contributed by atoms with Gasteiger partial charge < -0.3 is 16.0 Å². The van der Waals surface area contributed by atoms with E-state index in [-0.39, 0.29) is 6.04 Å². The van der Waals surface area contributed by atoms with Crippen molar-refractivity contribution in [1.82, 2.24) is 29.4 Å². The summed E-state index contributed by atoms with van der Waals surface area (Å²) in [7, 11) is 0. The van der Waals surface area contributed by atoms with Gasteiger partial charge in [0.1, 0.15) is 0 Å². The predicted octanol–water partition coefficient (Wildman–Crippen LogP) is 4.89. The maximum Gasteiger partial charge on any atom is 0.230 e. The number of anilines is 2. The second kappa shape index (κ2) is 9.75. The third kappa shape index (κ3) is 4.67. The van der Waals surface area contributed by atoms with Gasteiger partial charge in [-0.1, -0.05) is 48.0 Å². The molecule has 10 heteroatoms. The number of aromatic nitrogens is 6. The highest BCUT2D eigenvalue weighted by atomic mass is 79.9. The Morgan fingerprint density at radius 1 is 1.11 bits per heavy atom. The van der Waals surface area contributed by atoms with E-state index < -0.39 is 0 Å². The molecular formula is C27H30BrN9. The van der Waals surface area contributed by atoms with E-state index in [1.54, 1.807) is 0 Å². The summed E-state index contributed by atoms with van der Waals surface area (Å²) in [5.74, 6) is 1.70. The number of hydrogen-bond donors (Lipinski definition) is 2. The average molecular weight is 561 g/mol. The topological polar surface area (TPSA) is 102 Å². The maximum atomic E-state index is 6.15. The zero-order valence-corrected chi connectivity index (χ0v) is 22.6. The van der Waals surface area contributed by atoms with Crippen molar-refractivity contribution in [2.45, 2.75) is 45.2 Å². The van der Waals surface area contributed by atoms with Gasteiger partial charge in [-0.2, -0.15) is 24.7 Å². The lowest BCUT2D eigenvalue weighted by Crippen LogP contribution is -2.40. The molecule has 0 atom stereocenters. The van der Waals surface area contributed by atoms with Gasteiger partial charge >= 0.3 is 0 Å². The number of fused-ring (bicyclic) bond motifs is 2. The van der Waals surface area contributed by atoms with Crippen molar-refractivity contribution >= 4 is 44.4 Å². The molecule has 4 heterocycles. The molecule has 5 aromatic rings. The first-order valence-corrected chi connectivity index (χ1v) is 13.5. The summed E-state index contributed by atoms with van der Waals surface area (Å²) in [5, 5.41) is 14.1. The summed E-state index contributed by atoms with van der Waals surface area (Å²) < 4.78 is 4.79. The van der Waals surface area contributed by atoms with Crippen molar-refractivity contribution in [1.29, 1.82) is 0 Å². The van der Waals surface area contributed by atoms with E-state index >= 15 is 0 Å². The minimum atomic E-state index is 0.246. The van der Waals surface area contributed by atoms with E-state index in [9.17, 15) is 0 Å². The number of hydrogen-bond acceptors (Lipinski definition) is 7. The predicted molar refractivity (Wildman–Crippen MR) is 150 cm³/mol. The lowest BCUT2D eigenvalue weighted by atomic mass is 10.1. The molecule has 0 spiro atoms. The van der Waals surface area contributed by atoms with Gasteiger partial charge in [0.05, 0.1) is 17.4 Å². The van der Waals surface area contributed by atoms with Crippen LogP contribution in [0.2, 0.25) is 0 Å². The molecule has 37 heavy (non-hydrogen) atoms. The van der Waals surface area contributed by atoms with Crippen molar-refractivity contribution in [3.63, 3.8) is 0 Å². The van der Waals surface area contributed by atoms with Gasteiger partial charge in [-0.05, 0) is 48.6 Å². The smallest absolute Gasteiger partial charge is 0.230 e. The van der Waals surface area contributed by atoms with Crippen LogP contribution in [0.15, 0.2) is 59.3 Å². The average Bonchev–Trinajstić information content (AvgIpc) is 3.52. The van der Waals surface area contributed by atoms with Crippen molar-refractivity contribution in [2.75, 3.05) is 23.3 Å². The van der Waals surface area contributed by atoms with Crippen molar-refractivity contribution in [2.24, 2.45) is 5.73 Å². The summed E-state index contributed by atoms with van der Waals surface area (Å²) in [6.45, 7) is 6.59. The molecule has 0 unspecified atom stereocenters. The first kappa shape index (κ1) is 23.9. The van der Waals surface area contributed by atoms with E-state index in [1.807, 2.05) is 39.7 Å². The van der Waals surface area contributed by atoms with Gasteiger partial charge in [-0.15, -0.1) is 0 Å². The van der Waals surface area contributed by atoms with Crippen LogP contribution < -0.4 is 16.0 Å². The Morgan fingerprint density at radius 2 is 1.92 bits per heavy atom. The maximum absolute atomic E-state index is 6.15. The largest absolute Gasteiger partial charge is 0.350 e. The zero-order chi connectivity index (χ0) is 25.5. The van der Waals surface area contributed by atoms with Crippen LogP contribution in [-0.4, -0.2) is 48.5 Å². The fourth-order valence-electron chi connectivity index (χ4n) is 4.82. The van der Waals surface area contributed by atoms with Crippen LogP contribution in [0.5, 0.6) is 0 Å². The molecule has 1 aliphatic rings. The zero-order valence-electron chi connectivity index (χ0n) is 21.0. The van der Waals surface area contributed by atoms with Gasteiger partial charge in [0.15, 0.2) is 5.65 Å². The summed E-state index contributed by atoms with van der Waals surface area (Å²) in [4.78, 5) is 12.1. The third-order valence-electron chi connectivity index (χ3n) is 6.97. The molecule has 2 aromatic carbocycles. The van der Waals surface area contributed by atoms with Crippen molar-refractivity contribution in [3.8, 4) is 5.69 Å². The number of para-hydroxylation sites is 1. The molecule has 3 N–H and O–H groups in total. The van der Waals surface area contributed by atoms with Crippen LogP contribution in [0.1, 0.15) is 43.7 Å². The Kier molecular flexibility index (Phi) is 6.29. The molecule has 3 aromatic heterocycles. The molecule has 1 saturated heterocycles. The Balaban J connectivity index is 1.35. The van der Waals surface area contributed by atoms with Crippen LogP contribution >= 0.6 is 15.9 Å². The van der Waals surface area contributed by atoms with Gasteiger partial charge in [0, 0.05) is 47.3 Å². The third-order valence-corrected chi connectivity index (χ3v) is 7.46. The highest BCUT2D eigenvalue weighted by Crippen LogP contribution is 2.26.